The number of carbonyl (C=O) groups is 1. The molecule has 0 N–H and O–H groups in total. The first-order valence-electron chi connectivity index (χ1n) is 18.0. The van der Waals surface area contributed by atoms with Crippen LogP contribution in [0.4, 0.5) is 4.79 Å². The summed E-state index contributed by atoms with van der Waals surface area (Å²) in [5.74, 6) is 2.74. The lowest BCUT2D eigenvalue weighted by molar-refractivity contribution is 0.123. The predicted molar refractivity (Wildman–Crippen MR) is 221 cm³/mol. The molecule has 0 spiro atoms. The summed E-state index contributed by atoms with van der Waals surface area (Å²) in [6, 6.07) is 35.8. The first-order valence-corrected chi connectivity index (χ1v) is 18.5. The SMILES string of the molecule is C=CC(Cn1cc(-c2ccccc2)nn1)C1CCN(C(=O)S)C(Cc2cc(-c3ccc(Oc4ccccc4)cc3)nc3ccc(OC)cc23)C1.C=CC=C. The topological polar surface area (TPSA) is 82.4 Å². The molecule has 274 valence electrons. The molecule has 1 fully saturated rings. The third kappa shape index (κ3) is 9.35. The van der Waals surface area contributed by atoms with Crippen molar-refractivity contribution in [2.75, 3.05) is 13.7 Å². The molecule has 6 aromatic rings. The van der Waals surface area contributed by atoms with Gasteiger partial charge in [-0.15, -0.1) is 11.7 Å². The molecular formula is C45H45N5O3S. The number of hydrogen-bond acceptors (Lipinski definition) is 6. The second kappa shape index (κ2) is 18.2. The molecule has 3 atom stereocenters. The van der Waals surface area contributed by atoms with Crippen LogP contribution >= 0.6 is 12.6 Å². The Morgan fingerprint density at radius 3 is 2.20 bits per heavy atom. The van der Waals surface area contributed by atoms with E-state index in [0.717, 1.165) is 69.1 Å². The number of rotatable bonds is 12. The van der Waals surface area contributed by atoms with Crippen LogP contribution in [0.25, 0.3) is 33.4 Å². The number of benzene rings is 4. The van der Waals surface area contributed by atoms with E-state index < -0.39 is 0 Å². The van der Waals surface area contributed by atoms with Crippen molar-refractivity contribution in [2.45, 2.75) is 31.8 Å². The highest BCUT2D eigenvalue weighted by atomic mass is 32.1. The number of allylic oxidation sites excluding steroid dienone is 3. The molecule has 1 aliphatic rings. The number of fused-ring (bicyclic) bond motifs is 1. The standard InChI is InChI=1S/C41H39N5O3S.C4H6/c1-3-28(26-45-27-40(43-44-45)29-10-6-4-7-11-29)31-20-21-46(41(47)50)33(22-31)23-32-24-39(42-38-19-18-36(48-2)25-37(32)38)30-14-16-35(17-15-30)49-34-12-8-5-9-13-34;1-3-4-2/h3-19,24-25,27-28,31,33H,1,20-23,26H2,2H3,(H,47,50);3-4H,1-2H2. The van der Waals surface area contributed by atoms with E-state index in [2.05, 4.69) is 48.7 Å². The summed E-state index contributed by atoms with van der Waals surface area (Å²) >= 11 is 4.32. The van der Waals surface area contributed by atoms with Crippen molar-refractivity contribution in [3.05, 3.63) is 159 Å². The Morgan fingerprint density at radius 2 is 1.54 bits per heavy atom. The molecule has 1 saturated heterocycles. The van der Waals surface area contributed by atoms with Crippen molar-refractivity contribution in [1.29, 1.82) is 0 Å². The molecule has 4 aromatic carbocycles. The third-order valence-corrected chi connectivity index (χ3v) is 10.0. The largest absolute Gasteiger partial charge is 0.497 e. The number of methoxy groups -OCH3 is 1. The minimum absolute atomic E-state index is 0.0666. The lowest BCUT2D eigenvalue weighted by atomic mass is 9.79. The molecule has 7 rings (SSSR count). The van der Waals surface area contributed by atoms with E-state index in [-0.39, 0.29) is 17.2 Å². The van der Waals surface area contributed by atoms with Gasteiger partial charge in [-0.1, -0.05) is 97.8 Å². The van der Waals surface area contributed by atoms with Crippen LogP contribution in [0.5, 0.6) is 17.2 Å². The number of hydrogen-bond donors (Lipinski definition) is 1. The molecular weight excluding hydrogens is 691 g/mol. The van der Waals surface area contributed by atoms with Crippen LogP contribution in [0.1, 0.15) is 18.4 Å². The smallest absolute Gasteiger partial charge is 0.278 e. The zero-order valence-corrected chi connectivity index (χ0v) is 31.4. The summed E-state index contributed by atoms with van der Waals surface area (Å²) in [6.45, 7) is 12.2. The Balaban J connectivity index is 0.00000119. The molecule has 1 amide bonds. The van der Waals surface area contributed by atoms with Gasteiger partial charge in [0.15, 0.2) is 0 Å². The van der Waals surface area contributed by atoms with E-state index in [1.54, 1.807) is 19.3 Å². The van der Waals surface area contributed by atoms with Crippen LogP contribution in [-0.4, -0.2) is 49.8 Å². The second-order valence-electron chi connectivity index (χ2n) is 13.2. The summed E-state index contributed by atoms with van der Waals surface area (Å²) in [4.78, 5) is 19.8. The van der Waals surface area contributed by atoms with E-state index in [9.17, 15) is 4.79 Å². The number of pyridine rings is 1. The number of nitrogens with zero attached hydrogens (tertiary/aromatic N) is 5. The first-order chi connectivity index (χ1) is 26.4. The summed E-state index contributed by atoms with van der Waals surface area (Å²) < 4.78 is 13.5. The minimum atomic E-state index is -0.211. The third-order valence-electron chi connectivity index (χ3n) is 9.77. The number of piperidine rings is 1. The fraction of sp³-hybridized carbons (Fsp3) is 0.200. The van der Waals surface area contributed by atoms with Crippen LogP contribution in [0.15, 0.2) is 153 Å². The predicted octanol–water partition coefficient (Wildman–Crippen LogP) is 10.5. The van der Waals surface area contributed by atoms with Gasteiger partial charge in [0, 0.05) is 35.6 Å². The fourth-order valence-electron chi connectivity index (χ4n) is 6.97. The number of amides is 1. The number of likely N-dealkylation sites (tertiary alicyclic amines) is 1. The van der Waals surface area contributed by atoms with Crippen molar-refractivity contribution in [3.8, 4) is 39.8 Å². The summed E-state index contributed by atoms with van der Waals surface area (Å²) in [5, 5.41) is 9.64. The molecule has 9 heteroatoms. The first kappa shape index (κ1) is 37.8. The van der Waals surface area contributed by atoms with Gasteiger partial charge in [-0.3, -0.25) is 9.48 Å². The van der Waals surface area contributed by atoms with Gasteiger partial charge in [0.05, 0.1) is 24.5 Å². The Labute approximate surface area is 322 Å². The van der Waals surface area contributed by atoms with E-state index in [1.165, 1.54) is 0 Å². The van der Waals surface area contributed by atoms with Crippen molar-refractivity contribution in [3.63, 3.8) is 0 Å². The van der Waals surface area contributed by atoms with Gasteiger partial charge in [0.25, 0.3) is 5.24 Å². The van der Waals surface area contributed by atoms with Gasteiger partial charge in [0.2, 0.25) is 0 Å². The zero-order valence-electron chi connectivity index (χ0n) is 30.5. The highest BCUT2D eigenvalue weighted by molar-refractivity contribution is 7.96. The van der Waals surface area contributed by atoms with Gasteiger partial charge >= 0.3 is 0 Å². The monoisotopic (exact) mass is 735 g/mol. The Hall–Kier alpha value is -5.93. The lowest BCUT2D eigenvalue weighted by Crippen LogP contribution is -2.46. The maximum atomic E-state index is 12.9. The van der Waals surface area contributed by atoms with Gasteiger partial charge < -0.3 is 14.4 Å². The molecule has 8 nitrogen and oxygen atoms in total. The summed E-state index contributed by atoms with van der Waals surface area (Å²) in [5.41, 5.74) is 5.66. The highest BCUT2D eigenvalue weighted by Gasteiger charge is 2.34. The lowest BCUT2D eigenvalue weighted by Gasteiger charge is -2.41. The Morgan fingerprint density at radius 1 is 0.870 bits per heavy atom. The van der Waals surface area contributed by atoms with Gasteiger partial charge in [-0.25, -0.2) is 4.98 Å². The molecule has 1 aliphatic heterocycles. The molecule has 0 saturated carbocycles. The molecule has 0 bridgehead atoms. The van der Waals surface area contributed by atoms with Crippen LogP contribution in [0.3, 0.4) is 0 Å². The number of aromatic nitrogens is 4. The molecule has 3 heterocycles. The zero-order chi connectivity index (χ0) is 37.9. The van der Waals surface area contributed by atoms with Crippen molar-refractivity contribution in [2.24, 2.45) is 11.8 Å². The number of carbonyl (C=O) groups excluding carboxylic acids is 1. The second-order valence-corrected chi connectivity index (χ2v) is 13.6. The normalized spacial score (nSPS) is 15.7. The average Bonchev–Trinajstić information content (AvgIpc) is 3.69. The van der Waals surface area contributed by atoms with Crippen LogP contribution in [-0.2, 0) is 13.0 Å². The van der Waals surface area contributed by atoms with Crippen LogP contribution < -0.4 is 9.47 Å². The van der Waals surface area contributed by atoms with Gasteiger partial charge in [0.1, 0.15) is 22.9 Å². The van der Waals surface area contributed by atoms with E-state index >= 15 is 0 Å². The maximum absolute atomic E-state index is 12.9. The minimum Gasteiger partial charge on any atom is -0.497 e. The number of para-hydroxylation sites is 1. The quantitative estimate of drug-likeness (QED) is 0.0766. The van der Waals surface area contributed by atoms with Gasteiger partial charge in [-0.05, 0) is 97.3 Å². The molecule has 2 aromatic heterocycles. The fourth-order valence-corrected chi connectivity index (χ4v) is 7.23. The summed E-state index contributed by atoms with van der Waals surface area (Å²) in [6.07, 6.45) is 9.60. The van der Waals surface area contributed by atoms with Crippen molar-refractivity contribution < 1.29 is 14.3 Å². The maximum Gasteiger partial charge on any atom is 0.278 e. The van der Waals surface area contributed by atoms with E-state index in [0.29, 0.717) is 25.4 Å². The average molecular weight is 736 g/mol. The molecule has 0 aliphatic carbocycles. The summed E-state index contributed by atoms with van der Waals surface area (Å²) in [7, 11) is 1.67. The van der Waals surface area contributed by atoms with Gasteiger partial charge in [-0.2, -0.15) is 0 Å². The molecule has 54 heavy (non-hydrogen) atoms. The van der Waals surface area contributed by atoms with Crippen molar-refractivity contribution >= 4 is 28.8 Å². The Bertz CT molecular complexity index is 2180. The van der Waals surface area contributed by atoms with E-state index in [4.69, 9.17) is 14.5 Å². The van der Waals surface area contributed by atoms with Crippen LogP contribution in [0, 0.1) is 11.8 Å². The van der Waals surface area contributed by atoms with Crippen molar-refractivity contribution in [1.82, 2.24) is 24.9 Å². The highest BCUT2D eigenvalue weighted by Crippen LogP contribution is 2.36. The molecule has 3 unspecified atom stereocenters. The Kier molecular flexibility index (Phi) is 12.8. The molecule has 0 radical (unpaired) electrons. The number of ether oxygens (including phenoxy) is 2. The van der Waals surface area contributed by atoms with Crippen LogP contribution in [0.2, 0.25) is 0 Å². The van der Waals surface area contributed by atoms with E-state index in [1.807, 2.05) is 125 Å². The number of thiol groups is 1.